The second kappa shape index (κ2) is 8.96. The molecular formula is C14H26O. The highest BCUT2D eigenvalue weighted by Crippen LogP contribution is 2.14. The SMILES string of the molecule is CCCCCCCCC=CC1CCCO1. The lowest BCUT2D eigenvalue weighted by molar-refractivity contribution is 0.145. The first-order valence-electron chi connectivity index (χ1n) is 6.71. The molecule has 1 heteroatoms. The van der Waals surface area contributed by atoms with Crippen LogP contribution in [0.1, 0.15) is 64.7 Å². The molecule has 15 heavy (non-hydrogen) atoms. The monoisotopic (exact) mass is 210 g/mol. The van der Waals surface area contributed by atoms with Crippen LogP contribution in [0.4, 0.5) is 0 Å². The maximum absolute atomic E-state index is 5.53. The Morgan fingerprint density at radius 1 is 1.13 bits per heavy atom. The van der Waals surface area contributed by atoms with E-state index in [1.165, 1.54) is 57.8 Å². The van der Waals surface area contributed by atoms with Crippen LogP contribution in [0.2, 0.25) is 0 Å². The van der Waals surface area contributed by atoms with Gasteiger partial charge >= 0.3 is 0 Å². The van der Waals surface area contributed by atoms with Gasteiger partial charge in [-0.3, -0.25) is 0 Å². The van der Waals surface area contributed by atoms with E-state index in [1.54, 1.807) is 0 Å². The molecule has 0 spiro atoms. The van der Waals surface area contributed by atoms with Crippen LogP contribution in [0.5, 0.6) is 0 Å². The average Bonchev–Trinajstić information content (AvgIpc) is 2.75. The van der Waals surface area contributed by atoms with Gasteiger partial charge in [0.2, 0.25) is 0 Å². The zero-order valence-electron chi connectivity index (χ0n) is 10.2. The summed E-state index contributed by atoms with van der Waals surface area (Å²) < 4.78 is 5.53. The molecule has 1 atom stereocenters. The van der Waals surface area contributed by atoms with Crippen molar-refractivity contribution in [2.45, 2.75) is 70.8 Å². The highest BCUT2D eigenvalue weighted by atomic mass is 16.5. The normalized spacial score (nSPS) is 21.5. The lowest BCUT2D eigenvalue weighted by Crippen LogP contribution is -1.98. The molecule has 1 unspecified atom stereocenters. The predicted octanol–water partition coefficient (Wildman–Crippen LogP) is 4.47. The van der Waals surface area contributed by atoms with Crippen LogP contribution in [0, 0.1) is 0 Å². The van der Waals surface area contributed by atoms with Gasteiger partial charge in [-0.15, -0.1) is 0 Å². The third-order valence-corrected chi connectivity index (χ3v) is 3.04. The molecule has 0 saturated carbocycles. The van der Waals surface area contributed by atoms with Crippen molar-refractivity contribution in [3.05, 3.63) is 12.2 Å². The van der Waals surface area contributed by atoms with Gasteiger partial charge in [-0.1, -0.05) is 51.2 Å². The summed E-state index contributed by atoms with van der Waals surface area (Å²) in [6, 6.07) is 0. The highest BCUT2D eigenvalue weighted by molar-refractivity contribution is 4.91. The number of hydrogen-bond acceptors (Lipinski definition) is 1. The third-order valence-electron chi connectivity index (χ3n) is 3.04. The van der Waals surface area contributed by atoms with Gasteiger partial charge < -0.3 is 4.74 Å². The molecule has 1 saturated heterocycles. The van der Waals surface area contributed by atoms with Crippen LogP contribution in [0.3, 0.4) is 0 Å². The second-order valence-electron chi connectivity index (χ2n) is 4.54. The Bertz CT molecular complexity index is 157. The number of rotatable bonds is 8. The van der Waals surface area contributed by atoms with Gasteiger partial charge in [-0.05, 0) is 25.7 Å². The van der Waals surface area contributed by atoms with Gasteiger partial charge in [0.15, 0.2) is 0 Å². The Morgan fingerprint density at radius 2 is 1.93 bits per heavy atom. The van der Waals surface area contributed by atoms with Crippen molar-refractivity contribution in [3.8, 4) is 0 Å². The number of allylic oxidation sites excluding steroid dienone is 1. The fraction of sp³-hybridized carbons (Fsp3) is 0.857. The molecule has 0 aromatic heterocycles. The van der Waals surface area contributed by atoms with Crippen molar-refractivity contribution in [3.63, 3.8) is 0 Å². The summed E-state index contributed by atoms with van der Waals surface area (Å²) in [7, 11) is 0. The van der Waals surface area contributed by atoms with Gasteiger partial charge in [0, 0.05) is 6.61 Å². The maximum Gasteiger partial charge on any atom is 0.0756 e. The fourth-order valence-corrected chi connectivity index (χ4v) is 2.04. The van der Waals surface area contributed by atoms with Gasteiger partial charge in [0.1, 0.15) is 0 Å². The van der Waals surface area contributed by atoms with E-state index in [2.05, 4.69) is 19.1 Å². The molecule has 0 amide bonds. The molecule has 1 nitrogen and oxygen atoms in total. The van der Waals surface area contributed by atoms with Gasteiger partial charge in [0.25, 0.3) is 0 Å². The Morgan fingerprint density at radius 3 is 2.67 bits per heavy atom. The summed E-state index contributed by atoms with van der Waals surface area (Å²) in [5, 5.41) is 0. The molecule has 88 valence electrons. The van der Waals surface area contributed by atoms with E-state index in [-0.39, 0.29) is 0 Å². The third kappa shape index (κ3) is 6.72. The average molecular weight is 210 g/mol. The lowest BCUT2D eigenvalue weighted by Gasteiger charge is -2.01. The summed E-state index contributed by atoms with van der Waals surface area (Å²) in [5.74, 6) is 0. The molecule has 1 heterocycles. The van der Waals surface area contributed by atoms with Crippen LogP contribution >= 0.6 is 0 Å². The summed E-state index contributed by atoms with van der Waals surface area (Å²) in [4.78, 5) is 0. The van der Waals surface area contributed by atoms with Gasteiger partial charge in [-0.25, -0.2) is 0 Å². The Labute approximate surface area is 94.9 Å². The molecule has 0 aromatic carbocycles. The number of unbranched alkanes of at least 4 members (excludes halogenated alkanes) is 6. The molecule has 1 fully saturated rings. The van der Waals surface area contributed by atoms with Gasteiger partial charge in [0.05, 0.1) is 6.10 Å². The summed E-state index contributed by atoms with van der Waals surface area (Å²) in [6.45, 7) is 3.23. The standard InChI is InChI=1S/C14H26O/c1-2-3-4-5-6-7-8-9-11-14-12-10-13-15-14/h9,11,14H,2-8,10,12-13H2,1H3. The molecule has 0 radical (unpaired) electrons. The van der Waals surface area contributed by atoms with E-state index in [0.29, 0.717) is 6.10 Å². The molecule has 1 aliphatic rings. The van der Waals surface area contributed by atoms with E-state index < -0.39 is 0 Å². The first-order chi connectivity index (χ1) is 7.43. The van der Waals surface area contributed by atoms with Crippen LogP contribution < -0.4 is 0 Å². The summed E-state index contributed by atoms with van der Waals surface area (Å²) in [6.07, 6.45) is 17.1. The van der Waals surface area contributed by atoms with Crippen molar-refractivity contribution in [1.29, 1.82) is 0 Å². The largest absolute Gasteiger partial charge is 0.374 e. The van der Waals surface area contributed by atoms with Crippen molar-refractivity contribution >= 4 is 0 Å². The lowest BCUT2D eigenvalue weighted by atomic mass is 10.1. The van der Waals surface area contributed by atoms with Crippen LogP contribution in [0.15, 0.2) is 12.2 Å². The minimum atomic E-state index is 0.435. The van der Waals surface area contributed by atoms with E-state index in [1.807, 2.05) is 0 Å². The predicted molar refractivity (Wildman–Crippen MR) is 66.1 cm³/mol. The summed E-state index contributed by atoms with van der Waals surface area (Å²) in [5.41, 5.74) is 0. The topological polar surface area (TPSA) is 9.23 Å². The quantitative estimate of drug-likeness (QED) is 0.424. The van der Waals surface area contributed by atoms with Crippen LogP contribution in [-0.2, 0) is 4.74 Å². The minimum absolute atomic E-state index is 0.435. The Kier molecular flexibility index (Phi) is 7.63. The van der Waals surface area contributed by atoms with Gasteiger partial charge in [-0.2, -0.15) is 0 Å². The maximum atomic E-state index is 5.53. The van der Waals surface area contributed by atoms with E-state index in [0.717, 1.165) is 6.61 Å². The number of ether oxygens (including phenoxy) is 1. The van der Waals surface area contributed by atoms with E-state index >= 15 is 0 Å². The molecular weight excluding hydrogens is 184 g/mol. The zero-order valence-corrected chi connectivity index (χ0v) is 10.2. The van der Waals surface area contributed by atoms with E-state index in [4.69, 9.17) is 4.74 Å². The Balaban J connectivity index is 1.83. The van der Waals surface area contributed by atoms with Crippen molar-refractivity contribution in [1.82, 2.24) is 0 Å². The minimum Gasteiger partial charge on any atom is -0.374 e. The summed E-state index contributed by atoms with van der Waals surface area (Å²) >= 11 is 0. The first-order valence-corrected chi connectivity index (χ1v) is 6.71. The number of hydrogen-bond donors (Lipinski definition) is 0. The van der Waals surface area contributed by atoms with Crippen molar-refractivity contribution < 1.29 is 4.74 Å². The fourth-order valence-electron chi connectivity index (χ4n) is 2.04. The Hall–Kier alpha value is -0.300. The smallest absolute Gasteiger partial charge is 0.0756 e. The molecule has 0 aromatic rings. The molecule has 1 rings (SSSR count). The van der Waals surface area contributed by atoms with E-state index in [9.17, 15) is 0 Å². The second-order valence-corrected chi connectivity index (χ2v) is 4.54. The first kappa shape index (κ1) is 12.8. The molecule has 0 bridgehead atoms. The van der Waals surface area contributed by atoms with Crippen LogP contribution in [0.25, 0.3) is 0 Å². The van der Waals surface area contributed by atoms with Crippen molar-refractivity contribution in [2.24, 2.45) is 0 Å². The zero-order chi connectivity index (χ0) is 10.8. The molecule has 0 N–H and O–H groups in total. The molecule has 1 aliphatic heterocycles. The highest BCUT2D eigenvalue weighted by Gasteiger charge is 2.10. The van der Waals surface area contributed by atoms with Crippen molar-refractivity contribution in [2.75, 3.05) is 6.61 Å². The van der Waals surface area contributed by atoms with Crippen LogP contribution in [-0.4, -0.2) is 12.7 Å². The molecule has 0 aliphatic carbocycles.